The van der Waals surface area contributed by atoms with Gasteiger partial charge in [-0.25, -0.2) is 14.5 Å². The molecule has 0 radical (unpaired) electrons. The van der Waals surface area contributed by atoms with Crippen molar-refractivity contribution in [1.82, 2.24) is 19.3 Å². The minimum atomic E-state index is -1.58. The highest BCUT2D eigenvalue weighted by Gasteiger charge is 2.26. The Balaban J connectivity index is 0.000000860. The van der Waals surface area contributed by atoms with Crippen LogP contribution in [0.5, 0.6) is 17.2 Å². The van der Waals surface area contributed by atoms with Crippen LogP contribution < -0.4 is 26.1 Å². The van der Waals surface area contributed by atoms with Crippen LogP contribution in [0.25, 0.3) is 16.6 Å². The number of amides is 1. The van der Waals surface area contributed by atoms with Crippen LogP contribution in [0, 0.1) is 6.92 Å². The number of nitrogens with one attached hydrogen (secondary N) is 1. The minimum absolute atomic E-state index is 0.0691. The molecule has 260 valence electrons. The van der Waals surface area contributed by atoms with Crippen molar-refractivity contribution in [2.45, 2.75) is 39.5 Å². The fourth-order valence-corrected chi connectivity index (χ4v) is 4.72. The van der Waals surface area contributed by atoms with Gasteiger partial charge in [0.15, 0.2) is 0 Å². The number of methoxy groups -OCH3 is 1. The van der Waals surface area contributed by atoms with E-state index in [1.807, 2.05) is 24.3 Å². The molecule has 0 saturated carbocycles. The summed E-state index contributed by atoms with van der Waals surface area (Å²) in [6, 6.07) is 18.6. The van der Waals surface area contributed by atoms with Crippen molar-refractivity contribution < 1.29 is 43.2 Å². The van der Waals surface area contributed by atoms with Gasteiger partial charge in [-0.1, -0.05) is 18.2 Å². The third-order valence-corrected chi connectivity index (χ3v) is 7.01. The summed E-state index contributed by atoms with van der Waals surface area (Å²) in [6.45, 7) is 4.85. The van der Waals surface area contributed by atoms with Crippen LogP contribution in [0.3, 0.4) is 0 Å². The molecule has 2 atom stereocenters. The molecule has 50 heavy (non-hydrogen) atoms. The third kappa shape index (κ3) is 8.87. The lowest BCUT2D eigenvalue weighted by Gasteiger charge is -2.19. The minimum Gasteiger partial charge on any atom is -0.497 e. The monoisotopic (exact) mass is 686 g/mol. The van der Waals surface area contributed by atoms with Crippen molar-refractivity contribution in [3.63, 3.8) is 0 Å². The van der Waals surface area contributed by atoms with Gasteiger partial charge in [-0.3, -0.25) is 28.8 Å². The first kappa shape index (κ1) is 36.3. The average Bonchev–Trinajstić information content (AvgIpc) is 3.33. The zero-order valence-electron chi connectivity index (χ0n) is 27.4. The van der Waals surface area contributed by atoms with E-state index < -0.39 is 35.7 Å². The predicted molar refractivity (Wildman–Crippen MR) is 180 cm³/mol. The van der Waals surface area contributed by atoms with Gasteiger partial charge in [0.05, 0.1) is 36.7 Å². The second-order valence-corrected chi connectivity index (χ2v) is 10.6. The van der Waals surface area contributed by atoms with Crippen molar-refractivity contribution in [3.05, 3.63) is 101 Å². The maximum atomic E-state index is 13.7. The molecule has 3 heterocycles. The van der Waals surface area contributed by atoms with Gasteiger partial charge < -0.3 is 35.1 Å². The molecule has 4 N–H and O–H groups in total. The molecule has 16 heteroatoms. The molecule has 16 nitrogen and oxygen atoms in total. The second kappa shape index (κ2) is 16.5. The number of rotatable bonds is 11. The lowest BCUT2D eigenvalue weighted by Crippen LogP contribution is -2.34. The average molecular weight is 687 g/mol. The smallest absolute Gasteiger partial charge is 0.497 e. The van der Waals surface area contributed by atoms with Gasteiger partial charge in [0, 0.05) is 17.6 Å². The number of hydrogen-bond donors (Lipinski definition) is 3. The lowest BCUT2D eigenvalue weighted by atomic mass is 10.2. The zero-order chi connectivity index (χ0) is 36.4. The van der Waals surface area contributed by atoms with E-state index in [1.165, 1.54) is 17.8 Å². The summed E-state index contributed by atoms with van der Waals surface area (Å²) < 4.78 is 23.0. The van der Waals surface area contributed by atoms with E-state index in [-0.39, 0.29) is 24.4 Å². The number of ether oxygens (including phenoxy) is 4. The molecule has 5 rings (SSSR count). The van der Waals surface area contributed by atoms with Gasteiger partial charge >= 0.3 is 18.6 Å². The van der Waals surface area contributed by atoms with E-state index in [2.05, 4.69) is 20.0 Å². The van der Waals surface area contributed by atoms with E-state index in [0.717, 1.165) is 5.39 Å². The molecule has 0 unspecified atom stereocenters. The quantitative estimate of drug-likeness (QED) is 0.102. The van der Waals surface area contributed by atoms with Crippen molar-refractivity contribution in [2.75, 3.05) is 12.4 Å². The SMILES string of the molecule is COc1ccc2c(Oc3ccc(NC(=O)c4c(C)n(C[C@@H](C)OC(=O)[C@H](C)N)n(-c5ccccc5)c4=O)nc3)ccnc2c1.O=COC(=O)O. The molecule has 0 aliphatic carbocycles. The second-order valence-electron chi connectivity index (χ2n) is 10.6. The maximum Gasteiger partial charge on any atom is 0.513 e. The Labute approximate surface area is 285 Å². The number of fused-ring (bicyclic) bond motifs is 1. The number of pyridine rings is 2. The third-order valence-electron chi connectivity index (χ3n) is 7.01. The number of carbonyl (C=O) groups is 4. The molecule has 3 aromatic heterocycles. The fraction of sp³-hybridized carbons (Fsp3) is 0.206. The Morgan fingerprint density at radius 3 is 2.34 bits per heavy atom. The molecule has 0 fully saturated rings. The molecular weight excluding hydrogens is 652 g/mol. The van der Waals surface area contributed by atoms with E-state index >= 15 is 0 Å². The van der Waals surface area contributed by atoms with Crippen LogP contribution in [-0.4, -0.2) is 68.2 Å². The molecule has 0 aliphatic heterocycles. The summed E-state index contributed by atoms with van der Waals surface area (Å²) in [7, 11) is 1.59. The normalized spacial score (nSPS) is 11.7. The number of carboxylic acid groups (broad SMARTS) is 1. The van der Waals surface area contributed by atoms with Gasteiger partial charge in [0.2, 0.25) is 0 Å². The Hall–Kier alpha value is -6.55. The van der Waals surface area contributed by atoms with Crippen LogP contribution >= 0.6 is 0 Å². The Bertz CT molecular complexity index is 2040. The van der Waals surface area contributed by atoms with E-state index in [4.69, 9.17) is 34.6 Å². The topological polar surface area (TPSA) is 216 Å². The lowest BCUT2D eigenvalue weighted by molar-refractivity contribution is -0.150. The predicted octanol–water partition coefficient (Wildman–Crippen LogP) is 4.06. The maximum absolute atomic E-state index is 13.7. The first-order chi connectivity index (χ1) is 23.9. The zero-order valence-corrected chi connectivity index (χ0v) is 27.4. The number of nitrogens with two attached hydrogens (primary N) is 1. The van der Waals surface area contributed by atoms with Gasteiger partial charge in [-0.15, -0.1) is 0 Å². The largest absolute Gasteiger partial charge is 0.513 e. The highest BCUT2D eigenvalue weighted by molar-refractivity contribution is 6.04. The molecule has 1 amide bonds. The number of esters is 1. The number of anilines is 1. The summed E-state index contributed by atoms with van der Waals surface area (Å²) in [5.41, 5.74) is 6.69. The summed E-state index contributed by atoms with van der Waals surface area (Å²) in [4.78, 5) is 66.0. The molecule has 0 aliphatic rings. The van der Waals surface area contributed by atoms with Crippen molar-refractivity contribution >= 4 is 41.2 Å². The first-order valence-electron chi connectivity index (χ1n) is 15.0. The van der Waals surface area contributed by atoms with Crippen LogP contribution in [0.1, 0.15) is 29.9 Å². The molecular formula is C34H34N6O10. The summed E-state index contributed by atoms with van der Waals surface area (Å²) in [5.74, 6) is 0.731. The van der Waals surface area contributed by atoms with Crippen molar-refractivity contribution in [3.8, 4) is 22.9 Å². The number of benzene rings is 2. The van der Waals surface area contributed by atoms with Crippen LogP contribution in [0.15, 0.2) is 83.9 Å². The Morgan fingerprint density at radius 2 is 1.74 bits per heavy atom. The van der Waals surface area contributed by atoms with Crippen LogP contribution in [0.2, 0.25) is 0 Å². The number of carbonyl (C=O) groups excluding carboxylic acids is 3. The van der Waals surface area contributed by atoms with E-state index in [0.29, 0.717) is 34.1 Å². The Morgan fingerprint density at radius 1 is 1.02 bits per heavy atom. The van der Waals surface area contributed by atoms with E-state index in [9.17, 15) is 14.4 Å². The Kier molecular flexibility index (Phi) is 12.0. The van der Waals surface area contributed by atoms with Gasteiger partial charge in [0.25, 0.3) is 11.5 Å². The van der Waals surface area contributed by atoms with Crippen molar-refractivity contribution in [1.29, 1.82) is 0 Å². The highest BCUT2D eigenvalue weighted by atomic mass is 16.7. The van der Waals surface area contributed by atoms with Gasteiger partial charge in [-0.05, 0) is 63.2 Å². The van der Waals surface area contributed by atoms with Gasteiger partial charge in [0.1, 0.15) is 40.8 Å². The van der Waals surface area contributed by atoms with Gasteiger partial charge in [-0.2, -0.15) is 0 Å². The molecule has 0 saturated heterocycles. The molecule has 0 spiro atoms. The number of nitrogens with zero attached hydrogens (tertiary/aromatic N) is 4. The number of para-hydroxylation sites is 1. The highest BCUT2D eigenvalue weighted by Crippen LogP contribution is 2.31. The van der Waals surface area contributed by atoms with E-state index in [1.54, 1.807) is 74.3 Å². The summed E-state index contributed by atoms with van der Waals surface area (Å²) in [5, 5.41) is 11.0. The summed E-state index contributed by atoms with van der Waals surface area (Å²) >= 11 is 0. The summed E-state index contributed by atoms with van der Waals surface area (Å²) in [6.07, 6.45) is 0.906. The van der Waals surface area contributed by atoms with Crippen LogP contribution in [-0.2, 0) is 25.6 Å². The van der Waals surface area contributed by atoms with Crippen LogP contribution in [0.4, 0.5) is 10.6 Å². The molecule has 0 bridgehead atoms. The molecule has 2 aromatic carbocycles. The number of hydrogen-bond acceptors (Lipinski definition) is 12. The first-order valence-corrected chi connectivity index (χ1v) is 15.0. The van der Waals surface area contributed by atoms with Crippen molar-refractivity contribution in [2.24, 2.45) is 5.73 Å². The standard InChI is InChI=1S/C32H32N6O6.C2H2O4/c1-19(43-32(41)20(2)33)18-37-21(3)29(31(40)38(37)22-8-6-5-7-9-22)30(39)36-28-13-11-24(17-35-28)44-27-14-15-34-26-16-23(42-4)10-12-25(26)27;3-1-6-2(4)5/h5-17,19-20H,18,33H2,1-4H3,(H,35,36,39);1H,(H,4,5)/t19-,20+;/m1./s1. The molecule has 5 aromatic rings. The number of aromatic nitrogens is 4. The fourth-order valence-electron chi connectivity index (χ4n) is 4.72.